The van der Waals surface area contributed by atoms with Gasteiger partial charge in [0.1, 0.15) is 11.2 Å². The fourth-order valence-corrected chi connectivity index (χ4v) is 2.04. The van der Waals surface area contributed by atoms with E-state index < -0.39 is 5.41 Å². The van der Waals surface area contributed by atoms with Gasteiger partial charge in [0.15, 0.2) is 5.78 Å². The molecule has 0 aromatic heterocycles. The normalized spacial score (nSPS) is 23.2. The molecule has 1 aromatic carbocycles. The Labute approximate surface area is 107 Å². The van der Waals surface area contributed by atoms with Crippen molar-refractivity contribution in [2.45, 2.75) is 19.8 Å². The van der Waals surface area contributed by atoms with Crippen LogP contribution < -0.4 is 4.74 Å². The monoisotopic (exact) mass is 241 g/mol. The van der Waals surface area contributed by atoms with Crippen LogP contribution in [0.5, 0.6) is 5.75 Å². The number of ether oxygens (including phenoxy) is 1. The molecule has 18 heavy (non-hydrogen) atoms. The molecule has 0 saturated carbocycles. The number of carbonyl (C=O) groups excluding carboxylic acids is 1. The molecule has 0 spiro atoms. The van der Waals surface area contributed by atoms with Gasteiger partial charge in [-0.25, -0.2) is 0 Å². The molecule has 1 atom stereocenters. The van der Waals surface area contributed by atoms with Gasteiger partial charge in [0.2, 0.25) is 0 Å². The van der Waals surface area contributed by atoms with Crippen LogP contribution in [-0.4, -0.2) is 12.9 Å². The molecule has 1 unspecified atom stereocenters. The summed E-state index contributed by atoms with van der Waals surface area (Å²) >= 11 is 0. The number of nitrogens with zero attached hydrogens (tertiary/aromatic N) is 1. The van der Waals surface area contributed by atoms with Crippen molar-refractivity contribution in [2.24, 2.45) is 5.41 Å². The highest BCUT2D eigenvalue weighted by atomic mass is 16.5. The summed E-state index contributed by atoms with van der Waals surface area (Å²) in [5.74, 6) is 0.699. The molecule has 92 valence electrons. The maximum Gasteiger partial charge on any atom is 0.175 e. The Hall–Kier alpha value is -2.08. The summed E-state index contributed by atoms with van der Waals surface area (Å²) in [5, 5.41) is 9.03. The van der Waals surface area contributed by atoms with Gasteiger partial charge in [-0.05, 0) is 49.1 Å². The van der Waals surface area contributed by atoms with Gasteiger partial charge in [0.05, 0.1) is 13.2 Å². The van der Waals surface area contributed by atoms with Gasteiger partial charge in [-0.15, -0.1) is 0 Å². The van der Waals surface area contributed by atoms with Crippen LogP contribution in [0.2, 0.25) is 0 Å². The third kappa shape index (κ3) is 2.14. The van der Waals surface area contributed by atoms with Crippen molar-refractivity contribution in [3.8, 4) is 11.8 Å². The van der Waals surface area contributed by atoms with Crippen molar-refractivity contribution in [3.05, 3.63) is 35.9 Å². The van der Waals surface area contributed by atoms with Crippen molar-refractivity contribution >= 4 is 11.4 Å². The molecule has 3 heteroatoms. The lowest BCUT2D eigenvalue weighted by atomic mass is 9.75. The molecule has 2 rings (SSSR count). The highest BCUT2D eigenvalue weighted by molar-refractivity contribution is 6.03. The topological polar surface area (TPSA) is 50.1 Å². The molecule has 0 radical (unpaired) electrons. The Morgan fingerprint density at radius 1 is 1.33 bits per heavy atom. The van der Waals surface area contributed by atoms with Crippen molar-refractivity contribution in [1.82, 2.24) is 0 Å². The third-order valence-corrected chi connectivity index (χ3v) is 3.45. The SMILES string of the molecule is COc1ccc(C2=CC(=O)C(C)(C#N)CC2)cc1. The molecule has 0 saturated heterocycles. The Balaban J connectivity index is 2.28. The first-order valence-electron chi connectivity index (χ1n) is 5.90. The predicted octanol–water partition coefficient (Wildman–Crippen LogP) is 2.97. The zero-order valence-corrected chi connectivity index (χ0v) is 10.6. The van der Waals surface area contributed by atoms with E-state index in [0.29, 0.717) is 6.42 Å². The minimum absolute atomic E-state index is 0.0953. The number of hydrogen-bond acceptors (Lipinski definition) is 3. The van der Waals surface area contributed by atoms with Crippen LogP contribution in [0.25, 0.3) is 5.57 Å². The summed E-state index contributed by atoms with van der Waals surface area (Å²) in [7, 11) is 1.62. The van der Waals surface area contributed by atoms with E-state index in [9.17, 15) is 4.79 Å². The minimum atomic E-state index is -0.851. The average Bonchev–Trinajstić information content (AvgIpc) is 2.42. The molecule has 0 aliphatic heterocycles. The lowest BCUT2D eigenvalue weighted by Gasteiger charge is -2.24. The Bertz CT molecular complexity index is 537. The second kappa shape index (κ2) is 4.66. The van der Waals surface area contributed by atoms with Crippen LogP contribution in [0, 0.1) is 16.7 Å². The Morgan fingerprint density at radius 2 is 2.00 bits per heavy atom. The van der Waals surface area contributed by atoms with Gasteiger partial charge in [-0.3, -0.25) is 4.79 Å². The second-order valence-corrected chi connectivity index (χ2v) is 4.71. The summed E-state index contributed by atoms with van der Waals surface area (Å²) in [6, 6.07) is 9.73. The first-order chi connectivity index (χ1) is 8.59. The number of carbonyl (C=O) groups is 1. The average molecular weight is 241 g/mol. The largest absolute Gasteiger partial charge is 0.497 e. The number of nitriles is 1. The van der Waals surface area contributed by atoms with Crippen molar-refractivity contribution in [2.75, 3.05) is 7.11 Å². The molecule has 0 fully saturated rings. The molecule has 0 bridgehead atoms. The molecule has 0 amide bonds. The van der Waals surface area contributed by atoms with Crippen LogP contribution in [-0.2, 0) is 4.79 Å². The van der Waals surface area contributed by atoms with Gasteiger partial charge in [-0.2, -0.15) is 5.26 Å². The molecular weight excluding hydrogens is 226 g/mol. The molecule has 1 aliphatic carbocycles. The first kappa shape index (κ1) is 12.4. The van der Waals surface area contributed by atoms with E-state index in [2.05, 4.69) is 6.07 Å². The van der Waals surface area contributed by atoms with Crippen LogP contribution in [0.1, 0.15) is 25.3 Å². The summed E-state index contributed by atoms with van der Waals surface area (Å²) in [6.07, 6.45) is 2.94. The lowest BCUT2D eigenvalue weighted by molar-refractivity contribution is -0.121. The smallest absolute Gasteiger partial charge is 0.175 e. The van der Waals surface area contributed by atoms with E-state index in [0.717, 1.165) is 23.3 Å². The quantitative estimate of drug-likeness (QED) is 0.799. The van der Waals surface area contributed by atoms with Crippen molar-refractivity contribution < 1.29 is 9.53 Å². The molecular formula is C15H15NO2. The Kier molecular flexibility index (Phi) is 3.20. The molecule has 1 aromatic rings. The van der Waals surface area contributed by atoms with E-state index in [4.69, 9.17) is 10.00 Å². The van der Waals surface area contributed by atoms with Crippen LogP contribution in [0.15, 0.2) is 30.3 Å². The van der Waals surface area contributed by atoms with Crippen LogP contribution in [0.4, 0.5) is 0 Å². The van der Waals surface area contributed by atoms with Crippen molar-refractivity contribution in [1.29, 1.82) is 5.26 Å². The van der Waals surface area contributed by atoms with E-state index in [1.54, 1.807) is 20.1 Å². The lowest BCUT2D eigenvalue weighted by Crippen LogP contribution is -2.27. The third-order valence-electron chi connectivity index (χ3n) is 3.45. The zero-order valence-electron chi connectivity index (χ0n) is 10.6. The van der Waals surface area contributed by atoms with Crippen molar-refractivity contribution in [3.63, 3.8) is 0 Å². The van der Waals surface area contributed by atoms with E-state index in [1.807, 2.05) is 24.3 Å². The Morgan fingerprint density at radius 3 is 2.50 bits per heavy atom. The van der Waals surface area contributed by atoms with Crippen LogP contribution in [0.3, 0.4) is 0 Å². The van der Waals surface area contributed by atoms with E-state index in [-0.39, 0.29) is 5.78 Å². The fourth-order valence-electron chi connectivity index (χ4n) is 2.04. The fraction of sp³-hybridized carbons (Fsp3) is 0.333. The summed E-state index contributed by atoms with van der Waals surface area (Å²) in [4.78, 5) is 11.9. The number of methoxy groups -OCH3 is 1. The number of ketones is 1. The predicted molar refractivity (Wildman–Crippen MR) is 68.9 cm³/mol. The van der Waals surface area contributed by atoms with Gasteiger partial charge in [0, 0.05) is 0 Å². The van der Waals surface area contributed by atoms with Gasteiger partial charge in [0.25, 0.3) is 0 Å². The number of allylic oxidation sites excluding steroid dienone is 2. The van der Waals surface area contributed by atoms with E-state index >= 15 is 0 Å². The summed E-state index contributed by atoms with van der Waals surface area (Å²) in [5.41, 5.74) is 1.16. The zero-order chi connectivity index (χ0) is 13.2. The molecule has 1 aliphatic rings. The summed E-state index contributed by atoms with van der Waals surface area (Å²) in [6.45, 7) is 1.70. The number of benzene rings is 1. The minimum Gasteiger partial charge on any atom is -0.497 e. The molecule has 0 heterocycles. The first-order valence-corrected chi connectivity index (χ1v) is 5.90. The number of hydrogen-bond donors (Lipinski definition) is 0. The standard InChI is InChI=1S/C15H15NO2/c1-15(10-16)8-7-12(9-14(15)17)11-3-5-13(18-2)6-4-11/h3-6,9H,7-8H2,1-2H3. The van der Waals surface area contributed by atoms with Gasteiger partial charge < -0.3 is 4.74 Å². The van der Waals surface area contributed by atoms with Gasteiger partial charge in [-0.1, -0.05) is 12.1 Å². The highest BCUT2D eigenvalue weighted by Crippen LogP contribution is 2.35. The molecule has 3 nitrogen and oxygen atoms in total. The maximum absolute atomic E-state index is 11.9. The van der Waals surface area contributed by atoms with Gasteiger partial charge >= 0.3 is 0 Å². The number of rotatable bonds is 2. The van der Waals surface area contributed by atoms with E-state index in [1.165, 1.54) is 0 Å². The summed E-state index contributed by atoms with van der Waals surface area (Å²) < 4.78 is 5.10. The second-order valence-electron chi connectivity index (χ2n) is 4.71. The molecule has 0 N–H and O–H groups in total. The highest BCUT2D eigenvalue weighted by Gasteiger charge is 2.35. The van der Waals surface area contributed by atoms with Crippen LogP contribution >= 0.6 is 0 Å². The maximum atomic E-state index is 11.9.